The van der Waals surface area contributed by atoms with E-state index in [-0.39, 0.29) is 25.5 Å². The van der Waals surface area contributed by atoms with Crippen LogP contribution in [-0.2, 0) is 16.1 Å². The smallest absolute Gasteiger partial charge is 0.410 e. The Morgan fingerprint density at radius 1 is 1.30 bits per heavy atom. The monoisotopic (exact) mass is 336 g/mol. The Bertz CT molecular complexity index is 562. The highest BCUT2D eigenvalue weighted by atomic mass is 32.2. The Balaban J connectivity index is 1.61. The normalized spacial score (nSPS) is 24.0. The third kappa shape index (κ3) is 3.79. The van der Waals surface area contributed by atoms with E-state index in [0.717, 1.165) is 11.3 Å². The van der Waals surface area contributed by atoms with Crippen LogP contribution in [0.25, 0.3) is 0 Å². The number of rotatable bonds is 3. The van der Waals surface area contributed by atoms with E-state index < -0.39 is 18.2 Å². The number of ether oxygens (including phenoxy) is 1. The summed E-state index contributed by atoms with van der Waals surface area (Å²) in [5.74, 6) is 1.47. The molecule has 3 rings (SSSR count). The molecule has 2 atom stereocenters. The zero-order chi connectivity index (χ0) is 16.2. The van der Waals surface area contributed by atoms with Crippen LogP contribution in [0.1, 0.15) is 12.0 Å². The maximum Gasteiger partial charge on any atom is 0.410 e. The summed E-state index contributed by atoms with van der Waals surface area (Å²) in [6.07, 6.45) is -0.945. The number of thioether (sulfide) groups is 1. The molecule has 2 saturated heterocycles. The highest BCUT2D eigenvalue weighted by Gasteiger charge is 2.42. The van der Waals surface area contributed by atoms with Crippen LogP contribution in [0.3, 0.4) is 0 Å². The van der Waals surface area contributed by atoms with Crippen LogP contribution in [0.5, 0.6) is 0 Å². The lowest BCUT2D eigenvalue weighted by Gasteiger charge is -2.26. The molecule has 2 fully saturated rings. The standard InChI is InChI=1S/C16H20N2O4S/c19-13-8-14(15(20)17-6-7-23-11-17)18(9-13)16(21)22-10-12-4-2-1-3-5-12/h1-5,13-14,19H,6-11H2/t13?,14-/m0/s1. The fourth-order valence-electron chi connectivity index (χ4n) is 2.85. The van der Waals surface area contributed by atoms with Crippen molar-refractivity contribution in [2.24, 2.45) is 0 Å². The summed E-state index contributed by atoms with van der Waals surface area (Å²) in [4.78, 5) is 27.9. The quantitative estimate of drug-likeness (QED) is 0.901. The molecule has 2 amide bonds. The lowest BCUT2D eigenvalue weighted by molar-refractivity contribution is -0.134. The minimum atomic E-state index is -0.677. The number of β-amino-alcohol motifs (C(OH)–C–C–N with tert-alkyl or cyclic N) is 1. The van der Waals surface area contributed by atoms with Crippen molar-refractivity contribution in [2.75, 3.05) is 24.7 Å². The predicted octanol–water partition coefficient (Wildman–Crippen LogP) is 1.29. The molecular weight excluding hydrogens is 316 g/mol. The van der Waals surface area contributed by atoms with Gasteiger partial charge in [-0.25, -0.2) is 4.79 Å². The van der Waals surface area contributed by atoms with Gasteiger partial charge in [-0.2, -0.15) is 0 Å². The summed E-state index contributed by atoms with van der Waals surface area (Å²) in [7, 11) is 0. The summed E-state index contributed by atoms with van der Waals surface area (Å²) in [6, 6.07) is 8.77. The van der Waals surface area contributed by atoms with E-state index in [0.29, 0.717) is 12.4 Å². The lowest BCUT2D eigenvalue weighted by Crippen LogP contribution is -2.47. The fourth-order valence-corrected chi connectivity index (χ4v) is 3.81. The molecule has 1 aromatic rings. The van der Waals surface area contributed by atoms with Gasteiger partial charge < -0.3 is 14.7 Å². The van der Waals surface area contributed by atoms with E-state index in [1.54, 1.807) is 16.7 Å². The number of benzene rings is 1. The van der Waals surface area contributed by atoms with Gasteiger partial charge in [-0.3, -0.25) is 9.69 Å². The Hall–Kier alpha value is -1.73. The maximum atomic E-state index is 12.5. The SMILES string of the molecule is O=C([C@@H]1CC(O)CN1C(=O)OCc1ccccc1)N1CCSC1. The van der Waals surface area contributed by atoms with Gasteiger partial charge in [0.25, 0.3) is 0 Å². The molecule has 0 radical (unpaired) electrons. The van der Waals surface area contributed by atoms with Gasteiger partial charge in [0.05, 0.1) is 18.5 Å². The Morgan fingerprint density at radius 2 is 2.09 bits per heavy atom. The first kappa shape index (κ1) is 16.1. The van der Waals surface area contributed by atoms with E-state index in [4.69, 9.17) is 4.74 Å². The molecule has 124 valence electrons. The predicted molar refractivity (Wildman–Crippen MR) is 86.8 cm³/mol. The van der Waals surface area contributed by atoms with Gasteiger partial charge in [-0.15, -0.1) is 11.8 Å². The summed E-state index contributed by atoms with van der Waals surface area (Å²) in [6.45, 7) is 1.00. The molecule has 0 spiro atoms. The van der Waals surface area contributed by atoms with E-state index in [1.807, 2.05) is 30.3 Å². The molecule has 0 saturated carbocycles. The Kier molecular flexibility index (Phi) is 5.07. The molecule has 0 aliphatic carbocycles. The third-order valence-electron chi connectivity index (χ3n) is 4.07. The van der Waals surface area contributed by atoms with Gasteiger partial charge in [0.15, 0.2) is 0 Å². The molecule has 1 N–H and O–H groups in total. The van der Waals surface area contributed by atoms with Crippen LogP contribution in [0.2, 0.25) is 0 Å². The summed E-state index contributed by atoms with van der Waals surface area (Å²) in [5, 5.41) is 9.87. The molecular formula is C16H20N2O4S. The molecule has 1 unspecified atom stereocenters. The second kappa shape index (κ2) is 7.23. The van der Waals surface area contributed by atoms with Crippen molar-refractivity contribution < 1.29 is 19.4 Å². The van der Waals surface area contributed by atoms with E-state index in [1.165, 1.54) is 4.90 Å². The summed E-state index contributed by atoms with van der Waals surface area (Å²) in [5.41, 5.74) is 0.888. The van der Waals surface area contributed by atoms with Gasteiger partial charge >= 0.3 is 6.09 Å². The first-order valence-electron chi connectivity index (χ1n) is 7.67. The topological polar surface area (TPSA) is 70.1 Å². The van der Waals surface area contributed by atoms with Crippen LogP contribution in [0.15, 0.2) is 30.3 Å². The number of carbonyl (C=O) groups is 2. The van der Waals surface area contributed by atoms with Crippen molar-refractivity contribution in [3.05, 3.63) is 35.9 Å². The van der Waals surface area contributed by atoms with Crippen LogP contribution in [0.4, 0.5) is 4.79 Å². The number of carbonyl (C=O) groups excluding carboxylic acids is 2. The van der Waals surface area contributed by atoms with Crippen molar-refractivity contribution in [2.45, 2.75) is 25.2 Å². The number of likely N-dealkylation sites (tertiary alicyclic amines) is 1. The zero-order valence-electron chi connectivity index (χ0n) is 12.8. The molecule has 1 aromatic carbocycles. The molecule has 2 aliphatic heterocycles. The van der Waals surface area contributed by atoms with E-state index in [9.17, 15) is 14.7 Å². The number of aliphatic hydroxyl groups is 1. The minimum absolute atomic E-state index is 0.0942. The van der Waals surface area contributed by atoms with Crippen LogP contribution >= 0.6 is 11.8 Å². The first-order valence-corrected chi connectivity index (χ1v) is 8.82. The Morgan fingerprint density at radius 3 is 2.78 bits per heavy atom. The maximum absolute atomic E-state index is 12.5. The molecule has 0 bridgehead atoms. The Labute approximate surface area is 139 Å². The summed E-state index contributed by atoms with van der Waals surface area (Å²) < 4.78 is 5.30. The van der Waals surface area contributed by atoms with Crippen LogP contribution in [-0.4, -0.2) is 63.8 Å². The highest BCUT2D eigenvalue weighted by molar-refractivity contribution is 7.99. The second-order valence-corrected chi connectivity index (χ2v) is 6.81. The fraction of sp³-hybridized carbons (Fsp3) is 0.500. The van der Waals surface area contributed by atoms with Gasteiger partial charge in [-0.05, 0) is 5.56 Å². The molecule has 2 aliphatic rings. The van der Waals surface area contributed by atoms with Crippen molar-refractivity contribution in [3.63, 3.8) is 0 Å². The molecule has 7 heteroatoms. The van der Waals surface area contributed by atoms with Crippen LogP contribution in [0, 0.1) is 0 Å². The van der Waals surface area contributed by atoms with Gasteiger partial charge in [0, 0.05) is 18.7 Å². The minimum Gasteiger partial charge on any atom is -0.445 e. The summed E-state index contributed by atoms with van der Waals surface area (Å²) >= 11 is 1.70. The molecule has 2 heterocycles. The van der Waals surface area contributed by atoms with Crippen LogP contribution < -0.4 is 0 Å². The zero-order valence-corrected chi connectivity index (χ0v) is 13.6. The average Bonchev–Trinajstić information content (AvgIpc) is 3.22. The molecule has 0 aromatic heterocycles. The average molecular weight is 336 g/mol. The number of hydrogen-bond acceptors (Lipinski definition) is 5. The largest absolute Gasteiger partial charge is 0.445 e. The van der Waals surface area contributed by atoms with E-state index >= 15 is 0 Å². The van der Waals surface area contributed by atoms with Crippen molar-refractivity contribution >= 4 is 23.8 Å². The molecule has 23 heavy (non-hydrogen) atoms. The lowest BCUT2D eigenvalue weighted by atomic mass is 10.2. The third-order valence-corrected chi connectivity index (χ3v) is 5.03. The van der Waals surface area contributed by atoms with Gasteiger partial charge in [0.2, 0.25) is 5.91 Å². The first-order chi connectivity index (χ1) is 11.1. The number of hydrogen-bond donors (Lipinski definition) is 1. The number of aliphatic hydroxyl groups excluding tert-OH is 1. The van der Waals surface area contributed by atoms with Crippen molar-refractivity contribution in [3.8, 4) is 0 Å². The van der Waals surface area contributed by atoms with Gasteiger partial charge in [-0.1, -0.05) is 30.3 Å². The molecule has 6 nitrogen and oxygen atoms in total. The highest BCUT2D eigenvalue weighted by Crippen LogP contribution is 2.24. The van der Waals surface area contributed by atoms with Crippen molar-refractivity contribution in [1.29, 1.82) is 0 Å². The number of nitrogens with zero attached hydrogens (tertiary/aromatic N) is 2. The van der Waals surface area contributed by atoms with Crippen molar-refractivity contribution in [1.82, 2.24) is 9.80 Å². The second-order valence-electron chi connectivity index (χ2n) is 5.74. The van der Waals surface area contributed by atoms with E-state index in [2.05, 4.69) is 0 Å². The number of amides is 2. The van der Waals surface area contributed by atoms with Gasteiger partial charge in [0.1, 0.15) is 12.6 Å².